The number of aldehydes is 1. The first-order valence-corrected chi connectivity index (χ1v) is 9.11. The maximum atomic E-state index is 11.9. The van der Waals surface area contributed by atoms with Gasteiger partial charge in [-0.15, -0.1) is 0 Å². The smallest absolute Gasteiger partial charge is 0.223 e. The number of carbonyl (C=O) groups excluding carboxylic acids is 2. The largest absolute Gasteiger partial charge is 0.377 e. The lowest BCUT2D eigenvalue weighted by atomic mass is 9.89. The zero-order chi connectivity index (χ0) is 17.2. The second-order valence-electron chi connectivity index (χ2n) is 6.12. The summed E-state index contributed by atoms with van der Waals surface area (Å²) in [5, 5.41) is 6.27. The summed E-state index contributed by atoms with van der Waals surface area (Å²) in [5.74, 6) is 0.624. The Balaban J connectivity index is 0.000000841. The lowest BCUT2D eigenvalue weighted by molar-refractivity contribution is -0.125. The topological polar surface area (TPSA) is 67.4 Å². The van der Waals surface area contributed by atoms with Crippen molar-refractivity contribution in [2.75, 3.05) is 33.9 Å². The summed E-state index contributed by atoms with van der Waals surface area (Å²) in [7, 11) is 3.48. The van der Waals surface area contributed by atoms with Gasteiger partial charge in [-0.3, -0.25) is 4.79 Å². The predicted molar refractivity (Wildman–Crippen MR) is 94.5 cm³/mol. The van der Waals surface area contributed by atoms with Gasteiger partial charge in [0.25, 0.3) is 0 Å². The molecule has 0 radical (unpaired) electrons. The first-order valence-electron chi connectivity index (χ1n) is 9.11. The van der Waals surface area contributed by atoms with Crippen molar-refractivity contribution in [2.24, 2.45) is 5.92 Å². The highest BCUT2D eigenvalue weighted by atomic mass is 16.5. The minimum atomic E-state index is 0.208. The highest BCUT2D eigenvalue weighted by Crippen LogP contribution is 2.23. The Labute approximate surface area is 141 Å². The van der Waals surface area contributed by atoms with Crippen molar-refractivity contribution in [1.82, 2.24) is 10.6 Å². The molecular weight excluding hydrogens is 292 g/mol. The summed E-state index contributed by atoms with van der Waals surface area (Å²) in [6, 6.07) is 0. The molecule has 5 heteroatoms. The van der Waals surface area contributed by atoms with Crippen LogP contribution < -0.4 is 10.6 Å². The van der Waals surface area contributed by atoms with Gasteiger partial charge in [-0.25, -0.2) is 0 Å². The number of nitrogens with one attached hydrogen (secondary N) is 2. The summed E-state index contributed by atoms with van der Waals surface area (Å²) in [4.78, 5) is 21.1. The number of hydrogen-bond acceptors (Lipinski definition) is 4. The molecule has 5 nitrogen and oxygen atoms in total. The molecule has 0 saturated heterocycles. The van der Waals surface area contributed by atoms with Crippen LogP contribution in [-0.4, -0.2) is 46.0 Å². The maximum absolute atomic E-state index is 11.9. The summed E-state index contributed by atoms with van der Waals surface area (Å²) in [6.45, 7) is 2.21. The Bertz CT molecular complexity index is 279. The second-order valence-corrected chi connectivity index (χ2v) is 6.12. The number of rotatable bonds is 11. The molecule has 0 aromatic rings. The van der Waals surface area contributed by atoms with E-state index in [1.807, 2.05) is 7.05 Å². The normalized spacial score (nSPS) is 14.7. The van der Waals surface area contributed by atoms with Crippen molar-refractivity contribution in [3.8, 4) is 0 Å². The van der Waals surface area contributed by atoms with Crippen LogP contribution in [0, 0.1) is 5.92 Å². The summed E-state index contributed by atoms with van der Waals surface area (Å²) in [5.41, 5.74) is 0. The van der Waals surface area contributed by atoms with Gasteiger partial charge >= 0.3 is 0 Å². The van der Waals surface area contributed by atoms with Gasteiger partial charge in [-0.05, 0) is 39.3 Å². The molecular formula is C18H36N2O3. The lowest BCUT2D eigenvalue weighted by Gasteiger charge is -2.20. The zero-order valence-electron chi connectivity index (χ0n) is 15.1. The number of methoxy groups -OCH3 is 1. The summed E-state index contributed by atoms with van der Waals surface area (Å²) >= 11 is 0. The van der Waals surface area contributed by atoms with Crippen molar-refractivity contribution in [3.63, 3.8) is 0 Å². The molecule has 23 heavy (non-hydrogen) atoms. The number of carbonyl (C=O) groups is 2. The molecule has 0 aromatic heterocycles. The van der Waals surface area contributed by atoms with E-state index in [1.54, 1.807) is 0 Å². The van der Waals surface area contributed by atoms with Crippen molar-refractivity contribution < 1.29 is 14.3 Å². The van der Waals surface area contributed by atoms with E-state index in [2.05, 4.69) is 15.4 Å². The average molecular weight is 328 g/mol. The van der Waals surface area contributed by atoms with E-state index in [4.69, 9.17) is 0 Å². The third-order valence-electron chi connectivity index (χ3n) is 4.11. The van der Waals surface area contributed by atoms with Gasteiger partial charge in [0.05, 0.1) is 0 Å². The molecule has 2 N–H and O–H groups in total. The lowest BCUT2D eigenvalue weighted by Crippen LogP contribution is -2.32. The number of unbranched alkanes of at least 4 members (excludes halogenated alkanes) is 4. The second kappa shape index (κ2) is 17.4. The van der Waals surface area contributed by atoms with Crippen LogP contribution in [-0.2, 0) is 14.3 Å². The molecule has 0 spiro atoms. The van der Waals surface area contributed by atoms with Crippen LogP contribution in [0.3, 0.4) is 0 Å². The standard InChI is InChI=1S/C15H30N2O.C3H6O2/c1-16-12-8-3-2-4-9-13-17-15(18)14-10-6-5-7-11-14;1-5-3-2-4/h14,16H,2-13H2,1H3,(H,17,18);2H,3H2,1H3. The molecule has 1 amide bonds. The van der Waals surface area contributed by atoms with Crippen LogP contribution in [0.2, 0.25) is 0 Å². The third-order valence-corrected chi connectivity index (χ3v) is 4.11. The first-order chi connectivity index (χ1) is 11.3. The molecule has 1 fully saturated rings. The van der Waals surface area contributed by atoms with Gasteiger partial charge < -0.3 is 20.2 Å². The average Bonchev–Trinajstić information content (AvgIpc) is 2.59. The van der Waals surface area contributed by atoms with Gasteiger partial charge in [0, 0.05) is 19.6 Å². The fraction of sp³-hybridized carbons (Fsp3) is 0.889. The minimum absolute atomic E-state index is 0.208. The van der Waals surface area contributed by atoms with E-state index in [0.717, 1.165) is 32.4 Å². The Hall–Kier alpha value is -0.940. The van der Waals surface area contributed by atoms with Crippen molar-refractivity contribution in [2.45, 2.75) is 64.2 Å². The summed E-state index contributed by atoms with van der Waals surface area (Å²) < 4.78 is 4.32. The van der Waals surface area contributed by atoms with Crippen LogP contribution in [0.1, 0.15) is 64.2 Å². The van der Waals surface area contributed by atoms with E-state index in [9.17, 15) is 9.59 Å². The maximum Gasteiger partial charge on any atom is 0.223 e. The number of amides is 1. The fourth-order valence-electron chi connectivity index (χ4n) is 2.75. The Kier molecular flexibility index (Phi) is 16.7. The minimum Gasteiger partial charge on any atom is -0.377 e. The molecule has 1 aliphatic rings. The van der Waals surface area contributed by atoms with Gasteiger partial charge in [0.15, 0.2) is 0 Å². The van der Waals surface area contributed by atoms with Gasteiger partial charge in [-0.1, -0.05) is 38.5 Å². The molecule has 0 aromatic carbocycles. The Morgan fingerprint density at radius 1 is 1.04 bits per heavy atom. The molecule has 0 bridgehead atoms. The number of ether oxygens (including phenoxy) is 1. The van der Waals surface area contributed by atoms with E-state index in [1.165, 1.54) is 52.1 Å². The molecule has 1 rings (SSSR count). The molecule has 0 heterocycles. The predicted octanol–water partition coefficient (Wildman–Crippen LogP) is 2.68. The van der Waals surface area contributed by atoms with Gasteiger partial charge in [-0.2, -0.15) is 0 Å². The van der Waals surface area contributed by atoms with E-state index in [0.29, 0.717) is 18.1 Å². The third kappa shape index (κ3) is 14.4. The van der Waals surface area contributed by atoms with E-state index >= 15 is 0 Å². The Morgan fingerprint density at radius 3 is 2.17 bits per heavy atom. The van der Waals surface area contributed by atoms with E-state index < -0.39 is 0 Å². The monoisotopic (exact) mass is 328 g/mol. The van der Waals surface area contributed by atoms with E-state index in [-0.39, 0.29) is 6.61 Å². The van der Waals surface area contributed by atoms with Gasteiger partial charge in [0.1, 0.15) is 12.9 Å². The molecule has 1 aliphatic carbocycles. The van der Waals surface area contributed by atoms with Crippen molar-refractivity contribution >= 4 is 12.2 Å². The molecule has 136 valence electrons. The zero-order valence-corrected chi connectivity index (χ0v) is 15.1. The number of hydrogen-bond donors (Lipinski definition) is 2. The van der Waals surface area contributed by atoms with Crippen LogP contribution in [0.5, 0.6) is 0 Å². The fourth-order valence-corrected chi connectivity index (χ4v) is 2.75. The molecule has 0 atom stereocenters. The van der Waals surface area contributed by atoms with Crippen molar-refractivity contribution in [1.29, 1.82) is 0 Å². The van der Waals surface area contributed by atoms with Crippen LogP contribution >= 0.6 is 0 Å². The van der Waals surface area contributed by atoms with Gasteiger partial charge in [0.2, 0.25) is 5.91 Å². The Morgan fingerprint density at radius 2 is 1.65 bits per heavy atom. The highest BCUT2D eigenvalue weighted by Gasteiger charge is 2.20. The van der Waals surface area contributed by atoms with Crippen molar-refractivity contribution in [3.05, 3.63) is 0 Å². The highest BCUT2D eigenvalue weighted by molar-refractivity contribution is 5.78. The quantitative estimate of drug-likeness (QED) is 0.452. The first kappa shape index (κ1) is 22.1. The molecule has 0 unspecified atom stereocenters. The SMILES string of the molecule is CNCCCCCCCNC(=O)C1CCCCC1.COCC=O. The van der Waals surface area contributed by atoms with Crippen LogP contribution in [0.25, 0.3) is 0 Å². The molecule has 1 saturated carbocycles. The molecule has 0 aliphatic heterocycles. The van der Waals surface area contributed by atoms with Crippen LogP contribution in [0.4, 0.5) is 0 Å². The van der Waals surface area contributed by atoms with Crippen LogP contribution in [0.15, 0.2) is 0 Å². The summed E-state index contributed by atoms with van der Waals surface area (Å²) in [6.07, 6.45) is 13.0.